The maximum Gasteiger partial charge on any atom is 0.502 e. The number of hydrogen-bond acceptors (Lipinski definition) is 4. The lowest BCUT2D eigenvalue weighted by Gasteiger charge is -2.48. The molecule has 4 nitrogen and oxygen atoms in total. The van der Waals surface area contributed by atoms with Crippen molar-refractivity contribution in [3.8, 4) is 0 Å². The van der Waals surface area contributed by atoms with Crippen molar-refractivity contribution in [3.63, 3.8) is 0 Å². The summed E-state index contributed by atoms with van der Waals surface area (Å²) in [5.41, 5.74) is 0. The van der Waals surface area contributed by atoms with Gasteiger partial charge in [-0.15, -0.1) is 0 Å². The Morgan fingerprint density at radius 1 is 0.731 bits per heavy atom. The molecule has 1 aliphatic carbocycles. The van der Waals surface area contributed by atoms with E-state index < -0.39 is 17.0 Å². The van der Waals surface area contributed by atoms with Crippen molar-refractivity contribution in [1.29, 1.82) is 0 Å². The predicted molar refractivity (Wildman–Crippen MR) is 116 cm³/mol. The Hall–Kier alpha value is 0.274. The molecule has 0 amide bonds. The van der Waals surface area contributed by atoms with Gasteiger partial charge < -0.3 is 17.8 Å². The van der Waals surface area contributed by atoms with Crippen molar-refractivity contribution in [2.75, 3.05) is 26.4 Å². The molecule has 0 heterocycles. The fourth-order valence-corrected chi connectivity index (χ4v) is 11.9. The molecule has 0 N–H and O–H groups in total. The van der Waals surface area contributed by atoms with Crippen LogP contribution in [-0.4, -0.2) is 54.0 Å². The van der Waals surface area contributed by atoms with Crippen LogP contribution in [0.25, 0.3) is 0 Å². The van der Waals surface area contributed by atoms with E-state index in [9.17, 15) is 0 Å². The van der Waals surface area contributed by atoms with Crippen molar-refractivity contribution in [2.24, 2.45) is 0 Å². The van der Waals surface area contributed by atoms with Gasteiger partial charge >= 0.3 is 8.80 Å². The standard InChI is InChI=1S/C20H45NO3Si2/c1-7-22-26(23-8-2,24-9-3)19-18-21(20-16-14-13-15-17-20)25(10-4,11-5)12-6/h20H,7-19H2,1-6H3. The minimum Gasteiger partial charge on any atom is -0.374 e. The van der Waals surface area contributed by atoms with Crippen molar-refractivity contribution in [3.05, 3.63) is 0 Å². The molecule has 26 heavy (non-hydrogen) atoms. The van der Waals surface area contributed by atoms with Crippen molar-refractivity contribution in [1.82, 2.24) is 4.57 Å². The normalized spacial score (nSPS) is 17.2. The molecular weight excluding hydrogens is 358 g/mol. The van der Waals surface area contributed by atoms with Crippen LogP contribution in [0, 0.1) is 0 Å². The van der Waals surface area contributed by atoms with Gasteiger partial charge in [-0.3, -0.25) is 0 Å². The van der Waals surface area contributed by atoms with Crippen LogP contribution in [0.15, 0.2) is 0 Å². The fourth-order valence-electron chi connectivity index (χ4n) is 4.82. The zero-order chi connectivity index (χ0) is 19.5. The van der Waals surface area contributed by atoms with E-state index in [1.165, 1.54) is 50.2 Å². The lowest BCUT2D eigenvalue weighted by Crippen LogP contribution is -2.59. The molecule has 0 saturated heterocycles. The molecular formula is C20H45NO3Si2. The third-order valence-corrected chi connectivity index (χ3v) is 15.1. The summed E-state index contributed by atoms with van der Waals surface area (Å²) in [6.07, 6.45) is 6.96. The molecule has 6 heteroatoms. The monoisotopic (exact) mass is 403 g/mol. The van der Waals surface area contributed by atoms with Crippen molar-refractivity contribution in [2.45, 2.75) is 104 Å². The highest BCUT2D eigenvalue weighted by molar-refractivity contribution is 6.77. The van der Waals surface area contributed by atoms with Gasteiger partial charge in [-0.05, 0) is 58.3 Å². The maximum atomic E-state index is 6.14. The van der Waals surface area contributed by atoms with E-state index in [1.54, 1.807) is 0 Å². The molecule has 156 valence electrons. The van der Waals surface area contributed by atoms with Crippen LogP contribution >= 0.6 is 0 Å². The van der Waals surface area contributed by atoms with Gasteiger partial charge in [0.05, 0.1) is 0 Å². The maximum absolute atomic E-state index is 6.14. The van der Waals surface area contributed by atoms with Gasteiger partial charge in [0, 0.05) is 31.9 Å². The highest BCUT2D eigenvalue weighted by Crippen LogP contribution is 2.34. The minimum absolute atomic E-state index is 0.674. The molecule has 0 aromatic carbocycles. The topological polar surface area (TPSA) is 30.9 Å². The molecule has 1 saturated carbocycles. The lowest BCUT2D eigenvalue weighted by molar-refractivity contribution is 0.0685. The number of hydrogen-bond donors (Lipinski definition) is 0. The van der Waals surface area contributed by atoms with Crippen LogP contribution < -0.4 is 0 Å². The highest BCUT2D eigenvalue weighted by atomic mass is 28.4. The van der Waals surface area contributed by atoms with Crippen LogP contribution in [-0.2, 0) is 13.3 Å². The van der Waals surface area contributed by atoms with Crippen LogP contribution in [0.5, 0.6) is 0 Å². The van der Waals surface area contributed by atoms with Crippen LogP contribution in [0.3, 0.4) is 0 Å². The van der Waals surface area contributed by atoms with E-state index >= 15 is 0 Å². The third-order valence-electron chi connectivity index (χ3n) is 6.35. The molecule has 0 unspecified atom stereocenters. The van der Waals surface area contributed by atoms with Crippen molar-refractivity contribution < 1.29 is 13.3 Å². The smallest absolute Gasteiger partial charge is 0.374 e. The molecule has 0 atom stereocenters. The molecule has 0 spiro atoms. The Kier molecular flexibility index (Phi) is 11.9. The summed E-state index contributed by atoms with van der Waals surface area (Å²) >= 11 is 0. The average Bonchev–Trinajstić information content (AvgIpc) is 2.67. The van der Waals surface area contributed by atoms with E-state index in [4.69, 9.17) is 13.3 Å². The lowest BCUT2D eigenvalue weighted by atomic mass is 9.95. The molecule has 0 aliphatic heterocycles. The second-order valence-corrected chi connectivity index (χ2v) is 15.4. The summed E-state index contributed by atoms with van der Waals surface area (Å²) < 4.78 is 21.4. The SMILES string of the molecule is CCO[Si](CCN(C1CCCCC1)[Si](CC)(CC)CC)(OCC)OCC. The predicted octanol–water partition coefficient (Wildman–Crippen LogP) is 5.67. The molecule has 1 fully saturated rings. The van der Waals surface area contributed by atoms with Gasteiger partial charge in [-0.25, -0.2) is 0 Å². The number of rotatable bonds is 14. The molecule has 0 aromatic heterocycles. The van der Waals surface area contributed by atoms with Gasteiger partial charge in [0.25, 0.3) is 0 Å². The summed E-state index contributed by atoms with van der Waals surface area (Å²) in [6.45, 7) is 16.6. The Morgan fingerprint density at radius 2 is 1.19 bits per heavy atom. The first-order valence-electron chi connectivity index (χ1n) is 11.2. The second kappa shape index (κ2) is 12.7. The molecule has 1 aliphatic rings. The van der Waals surface area contributed by atoms with Crippen molar-refractivity contribution >= 4 is 17.0 Å². The molecule has 0 bridgehead atoms. The van der Waals surface area contributed by atoms with Gasteiger partial charge in [0.1, 0.15) is 8.24 Å². The van der Waals surface area contributed by atoms with Gasteiger partial charge in [-0.2, -0.15) is 0 Å². The first-order chi connectivity index (χ1) is 12.6. The second-order valence-electron chi connectivity index (χ2n) is 7.50. The Labute approximate surface area is 165 Å². The Balaban J connectivity index is 3.01. The summed E-state index contributed by atoms with van der Waals surface area (Å²) in [4.78, 5) is 0. The van der Waals surface area contributed by atoms with Gasteiger partial charge in [0.2, 0.25) is 0 Å². The summed E-state index contributed by atoms with van der Waals surface area (Å²) in [5, 5.41) is 0. The summed E-state index contributed by atoms with van der Waals surface area (Å²) in [6, 6.07) is 5.76. The van der Waals surface area contributed by atoms with E-state index in [0.717, 1.165) is 18.6 Å². The number of nitrogens with zero attached hydrogens (tertiary/aromatic N) is 1. The Morgan fingerprint density at radius 3 is 1.58 bits per heavy atom. The first-order valence-corrected chi connectivity index (χ1v) is 15.8. The first kappa shape index (κ1) is 24.3. The van der Waals surface area contributed by atoms with E-state index in [-0.39, 0.29) is 0 Å². The van der Waals surface area contributed by atoms with Gasteiger partial charge in [-0.1, -0.05) is 40.0 Å². The summed E-state index contributed by atoms with van der Waals surface area (Å²) in [5.74, 6) is 0. The summed E-state index contributed by atoms with van der Waals surface area (Å²) in [7, 11) is -3.97. The molecule has 1 rings (SSSR count). The Bertz CT molecular complexity index is 336. The molecule has 0 aromatic rings. The average molecular weight is 404 g/mol. The largest absolute Gasteiger partial charge is 0.502 e. The van der Waals surface area contributed by atoms with Crippen LogP contribution in [0.2, 0.25) is 24.2 Å². The molecule has 0 radical (unpaired) electrons. The third kappa shape index (κ3) is 6.41. The quantitative estimate of drug-likeness (QED) is 0.349. The van der Waals surface area contributed by atoms with Crippen LogP contribution in [0.1, 0.15) is 73.6 Å². The van der Waals surface area contributed by atoms with E-state index in [1.807, 2.05) is 0 Å². The van der Waals surface area contributed by atoms with Crippen LogP contribution in [0.4, 0.5) is 0 Å². The van der Waals surface area contributed by atoms with E-state index in [0.29, 0.717) is 19.8 Å². The fraction of sp³-hybridized carbons (Fsp3) is 1.00. The zero-order valence-corrected chi connectivity index (χ0v) is 20.4. The van der Waals surface area contributed by atoms with Gasteiger partial charge in [0.15, 0.2) is 0 Å². The minimum atomic E-state index is -2.56. The zero-order valence-electron chi connectivity index (χ0n) is 18.4. The highest BCUT2D eigenvalue weighted by Gasteiger charge is 2.44. The van der Waals surface area contributed by atoms with E-state index in [2.05, 4.69) is 46.1 Å².